The highest BCUT2D eigenvalue weighted by Crippen LogP contribution is 2.37. The molecule has 0 unspecified atom stereocenters. The normalized spacial score (nSPS) is 18.3. The molecule has 0 saturated carbocycles. The van der Waals surface area contributed by atoms with Gasteiger partial charge in [-0.15, -0.1) is 36.6 Å². The number of rotatable bonds is 4. The van der Waals surface area contributed by atoms with E-state index in [1.807, 2.05) is 6.07 Å². The Balaban J connectivity index is 0.00000131. The van der Waals surface area contributed by atoms with Crippen LogP contribution in [0, 0.1) is 12.3 Å². The summed E-state index contributed by atoms with van der Waals surface area (Å²) in [5, 5.41) is 3.48. The first-order valence-corrected chi connectivity index (χ1v) is 10.3. The van der Waals surface area contributed by atoms with Gasteiger partial charge >= 0.3 is 0 Å². The maximum atomic E-state index is 12.5. The van der Waals surface area contributed by atoms with Crippen LogP contribution in [-0.4, -0.2) is 52.1 Å². The standard InChI is InChI=1S/C19H26N4OS.2ClH/c1-15-2-3-17-21-16(11-23(17)10-15)12-25-13-18(24)22-8-5-19(6-9-22)4-7-20-14-19;;/h2-3,10-11,20H,4-9,12-14H2,1H3;2*1H. The van der Waals surface area contributed by atoms with Gasteiger partial charge in [0.25, 0.3) is 0 Å². The second-order valence-corrected chi connectivity index (χ2v) is 8.49. The second kappa shape index (κ2) is 9.50. The molecule has 1 spiro atoms. The van der Waals surface area contributed by atoms with Gasteiger partial charge in [0.1, 0.15) is 5.65 Å². The Morgan fingerprint density at radius 3 is 2.70 bits per heavy atom. The lowest BCUT2D eigenvalue weighted by Gasteiger charge is -2.38. The van der Waals surface area contributed by atoms with E-state index in [4.69, 9.17) is 0 Å². The van der Waals surface area contributed by atoms with Crippen molar-refractivity contribution in [3.63, 3.8) is 0 Å². The van der Waals surface area contributed by atoms with Crippen LogP contribution in [0.2, 0.25) is 0 Å². The number of halogens is 2. The Morgan fingerprint density at radius 2 is 2.00 bits per heavy atom. The number of fused-ring (bicyclic) bond motifs is 1. The molecule has 2 aliphatic rings. The van der Waals surface area contributed by atoms with Gasteiger partial charge in [-0.2, -0.15) is 0 Å². The van der Waals surface area contributed by atoms with Crippen LogP contribution in [0.3, 0.4) is 0 Å². The lowest BCUT2D eigenvalue weighted by Crippen LogP contribution is -2.44. The topological polar surface area (TPSA) is 49.6 Å². The Bertz CT molecular complexity index is 766. The van der Waals surface area contributed by atoms with Gasteiger partial charge in [0.2, 0.25) is 5.91 Å². The summed E-state index contributed by atoms with van der Waals surface area (Å²) in [5.74, 6) is 1.62. The van der Waals surface area contributed by atoms with Gasteiger partial charge in [0.15, 0.2) is 0 Å². The van der Waals surface area contributed by atoms with Crippen LogP contribution in [-0.2, 0) is 10.5 Å². The van der Waals surface area contributed by atoms with E-state index in [1.165, 1.54) is 12.0 Å². The fourth-order valence-corrected chi connectivity index (χ4v) is 4.82. The number of pyridine rings is 1. The molecule has 4 heterocycles. The second-order valence-electron chi connectivity index (χ2n) is 7.50. The van der Waals surface area contributed by atoms with Crippen molar-refractivity contribution in [3.8, 4) is 0 Å². The monoisotopic (exact) mass is 430 g/mol. The quantitative estimate of drug-likeness (QED) is 0.807. The average molecular weight is 431 g/mol. The summed E-state index contributed by atoms with van der Waals surface area (Å²) < 4.78 is 2.06. The van der Waals surface area contributed by atoms with E-state index in [-0.39, 0.29) is 30.7 Å². The smallest absolute Gasteiger partial charge is 0.232 e. The van der Waals surface area contributed by atoms with Crippen LogP contribution in [0.4, 0.5) is 0 Å². The van der Waals surface area contributed by atoms with Crippen LogP contribution < -0.4 is 5.32 Å². The first-order valence-electron chi connectivity index (χ1n) is 9.14. The third kappa shape index (κ3) is 5.11. The summed E-state index contributed by atoms with van der Waals surface area (Å²) in [5.41, 5.74) is 3.70. The molecule has 0 bridgehead atoms. The predicted molar refractivity (Wildman–Crippen MR) is 116 cm³/mol. The highest BCUT2D eigenvalue weighted by atomic mass is 35.5. The van der Waals surface area contributed by atoms with E-state index in [9.17, 15) is 4.79 Å². The zero-order valence-corrected chi connectivity index (χ0v) is 18.1. The van der Waals surface area contributed by atoms with E-state index >= 15 is 0 Å². The number of thioether (sulfide) groups is 1. The Kier molecular flexibility index (Phi) is 7.86. The summed E-state index contributed by atoms with van der Waals surface area (Å²) in [7, 11) is 0. The van der Waals surface area contributed by atoms with Crippen molar-refractivity contribution in [2.45, 2.75) is 31.9 Å². The molecule has 2 aliphatic heterocycles. The zero-order chi connectivity index (χ0) is 17.3. The third-order valence-electron chi connectivity index (χ3n) is 5.63. The molecule has 2 aromatic rings. The lowest BCUT2D eigenvalue weighted by molar-refractivity contribution is -0.130. The van der Waals surface area contributed by atoms with Crippen molar-refractivity contribution in [2.75, 3.05) is 31.9 Å². The van der Waals surface area contributed by atoms with Crippen molar-refractivity contribution in [3.05, 3.63) is 35.8 Å². The van der Waals surface area contributed by atoms with Crippen LogP contribution >= 0.6 is 36.6 Å². The number of amides is 1. The molecule has 5 nitrogen and oxygen atoms in total. The van der Waals surface area contributed by atoms with Crippen molar-refractivity contribution in [2.24, 2.45) is 5.41 Å². The van der Waals surface area contributed by atoms with Crippen LogP contribution in [0.15, 0.2) is 24.5 Å². The molecule has 4 rings (SSSR count). The number of hydrogen-bond acceptors (Lipinski definition) is 4. The maximum Gasteiger partial charge on any atom is 0.232 e. The molecule has 2 saturated heterocycles. The summed E-state index contributed by atoms with van der Waals surface area (Å²) in [6.07, 6.45) is 7.74. The molecule has 0 aliphatic carbocycles. The van der Waals surface area contributed by atoms with Crippen molar-refractivity contribution in [1.82, 2.24) is 19.6 Å². The zero-order valence-electron chi connectivity index (χ0n) is 15.6. The molecule has 0 radical (unpaired) electrons. The number of hydrogen-bond donors (Lipinski definition) is 1. The molecule has 2 fully saturated rings. The van der Waals surface area contributed by atoms with Gasteiger partial charge < -0.3 is 14.6 Å². The van der Waals surface area contributed by atoms with E-state index in [0.717, 1.165) is 56.1 Å². The van der Waals surface area contributed by atoms with Gasteiger partial charge in [-0.25, -0.2) is 4.98 Å². The van der Waals surface area contributed by atoms with Crippen LogP contribution in [0.5, 0.6) is 0 Å². The minimum atomic E-state index is 0. The first kappa shape index (κ1) is 22.3. The van der Waals surface area contributed by atoms with E-state index in [1.54, 1.807) is 11.8 Å². The molecule has 2 aromatic heterocycles. The Morgan fingerprint density at radius 1 is 1.22 bits per heavy atom. The summed E-state index contributed by atoms with van der Waals surface area (Å²) in [6.45, 7) is 6.21. The third-order valence-corrected chi connectivity index (χ3v) is 6.58. The predicted octanol–water partition coefficient (Wildman–Crippen LogP) is 3.32. The molecular weight excluding hydrogens is 403 g/mol. The minimum Gasteiger partial charge on any atom is -0.342 e. The summed E-state index contributed by atoms with van der Waals surface area (Å²) in [4.78, 5) is 19.2. The lowest BCUT2D eigenvalue weighted by atomic mass is 9.78. The molecule has 8 heteroatoms. The minimum absolute atomic E-state index is 0. The van der Waals surface area contributed by atoms with Crippen molar-refractivity contribution < 1.29 is 4.79 Å². The Labute approximate surface area is 177 Å². The average Bonchev–Trinajstić information content (AvgIpc) is 3.22. The van der Waals surface area contributed by atoms with Crippen LogP contribution in [0.1, 0.15) is 30.5 Å². The molecule has 1 amide bonds. The van der Waals surface area contributed by atoms with E-state index in [2.05, 4.69) is 45.0 Å². The largest absolute Gasteiger partial charge is 0.342 e. The molecular formula is C19H28Cl2N4OS. The SMILES string of the molecule is Cc1ccc2nc(CSCC(=O)N3CCC4(CCNC4)CC3)cn2c1.Cl.Cl. The summed E-state index contributed by atoms with van der Waals surface area (Å²) in [6, 6.07) is 4.11. The number of nitrogens with zero attached hydrogens (tertiary/aromatic N) is 3. The first-order chi connectivity index (χ1) is 12.1. The number of aryl methyl sites for hydroxylation is 1. The van der Waals surface area contributed by atoms with Gasteiger partial charge in [-0.3, -0.25) is 4.79 Å². The number of aromatic nitrogens is 2. The van der Waals surface area contributed by atoms with Gasteiger partial charge in [-0.1, -0.05) is 6.07 Å². The Hall–Kier alpha value is -0.950. The fraction of sp³-hybridized carbons (Fsp3) is 0.579. The number of imidazole rings is 1. The number of piperidine rings is 1. The van der Waals surface area contributed by atoms with Crippen molar-refractivity contribution in [1.29, 1.82) is 0 Å². The molecule has 27 heavy (non-hydrogen) atoms. The molecule has 0 atom stereocenters. The van der Waals surface area contributed by atoms with E-state index < -0.39 is 0 Å². The number of likely N-dealkylation sites (tertiary alicyclic amines) is 1. The number of carbonyl (C=O) groups is 1. The molecule has 0 aromatic carbocycles. The summed E-state index contributed by atoms with van der Waals surface area (Å²) >= 11 is 1.67. The van der Waals surface area contributed by atoms with Crippen molar-refractivity contribution >= 4 is 48.1 Å². The van der Waals surface area contributed by atoms with Gasteiger partial charge in [-0.05, 0) is 49.8 Å². The van der Waals surface area contributed by atoms with Crippen LogP contribution in [0.25, 0.3) is 5.65 Å². The number of carbonyl (C=O) groups excluding carboxylic acids is 1. The van der Waals surface area contributed by atoms with Gasteiger partial charge in [0.05, 0.1) is 11.4 Å². The van der Waals surface area contributed by atoms with E-state index in [0.29, 0.717) is 11.2 Å². The molecule has 150 valence electrons. The highest BCUT2D eigenvalue weighted by molar-refractivity contribution is 7.99. The molecule has 1 N–H and O–H groups in total. The van der Waals surface area contributed by atoms with Gasteiger partial charge in [0, 0.05) is 37.8 Å². The highest BCUT2D eigenvalue weighted by Gasteiger charge is 2.37. The number of nitrogens with one attached hydrogen (secondary N) is 1. The fourth-order valence-electron chi connectivity index (χ4n) is 4.01. The maximum absolute atomic E-state index is 12.5.